The summed E-state index contributed by atoms with van der Waals surface area (Å²) in [5.74, 6) is -0.537. The SMILES string of the molecule is CC[C@H]1CCCCN1c1nn(-c2cccc(C)c2)nc1C(=O)O. The van der Waals surface area contributed by atoms with Crippen LogP contribution in [0.2, 0.25) is 0 Å². The second kappa shape index (κ2) is 6.40. The maximum Gasteiger partial charge on any atom is 0.360 e. The van der Waals surface area contributed by atoms with Crippen LogP contribution in [-0.4, -0.2) is 38.7 Å². The third-order valence-corrected chi connectivity index (χ3v) is 4.40. The molecule has 2 aromatic rings. The van der Waals surface area contributed by atoms with E-state index in [9.17, 15) is 9.90 Å². The first-order chi connectivity index (χ1) is 11.1. The quantitative estimate of drug-likeness (QED) is 0.939. The average molecular weight is 314 g/mol. The van der Waals surface area contributed by atoms with Crippen molar-refractivity contribution in [3.8, 4) is 5.69 Å². The molecule has 23 heavy (non-hydrogen) atoms. The molecule has 0 bridgehead atoms. The van der Waals surface area contributed by atoms with Gasteiger partial charge in [0.15, 0.2) is 5.82 Å². The molecule has 0 spiro atoms. The molecule has 1 aliphatic heterocycles. The third-order valence-electron chi connectivity index (χ3n) is 4.40. The van der Waals surface area contributed by atoms with Gasteiger partial charge in [0.25, 0.3) is 0 Å². The molecule has 1 aromatic heterocycles. The maximum absolute atomic E-state index is 11.6. The molecule has 1 saturated heterocycles. The number of rotatable bonds is 4. The zero-order chi connectivity index (χ0) is 16.4. The van der Waals surface area contributed by atoms with Crippen molar-refractivity contribution in [2.75, 3.05) is 11.4 Å². The van der Waals surface area contributed by atoms with Crippen LogP contribution in [0.3, 0.4) is 0 Å². The number of aromatic nitrogens is 3. The number of hydrogen-bond donors (Lipinski definition) is 1. The molecule has 0 radical (unpaired) electrons. The van der Waals surface area contributed by atoms with Gasteiger partial charge in [0, 0.05) is 12.6 Å². The first-order valence-electron chi connectivity index (χ1n) is 8.14. The maximum atomic E-state index is 11.6. The lowest BCUT2D eigenvalue weighted by Crippen LogP contribution is -2.40. The van der Waals surface area contributed by atoms with Gasteiger partial charge < -0.3 is 10.0 Å². The Morgan fingerprint density at radius 3 is 2.87 bits per heavy atom. The van der Waals surface area contributed by atoms with E-state index in [1.165, 1.54) is 11.2 Å². The Morgan fingerprint density at radius 1 is 1.35 bits per heavy atom. The van der Waals surface area contributed by atoms with Crippen molar-refractivity contribution in [1.29, 1.82) is 0 Å². The normalized spacial score (nSPS) is 18.2. The summed E-state index contributed by atoms with van der Waals surface area (Å²) < 4.78 is 0. The number of anilines is 1. The molecule has 1 atom stereocenters. The minimum absolute atomic E-state index is 0.0341. The van der Waals surface area contributed by atoms with Crippen LogP contribution in [0.1, 0.15) is 48.7 Å². The van der Waals surface area contributed by atoms with E-state index in [4.69, 9.17) is 0 Å². The zero-order valence-electron chi connectivity index (χ0n) is 13.6. The van der Waals surface area contributed by atoms with Gasteiger partial charge in [0.1, 0.15) is 0 Å². The van der Waals surface area contributed by atoms with Gasteiger partial charge in [-0.15, -0.1) is 15.0 Å². The van der Waals surface area contributed by atoms with Crippen molar-refractivity contribution in [1.82, 2.24) is 15.0 Å². The Morgan fingerprint density at radius 2 is 2.17 bits per heavy atom. The highest BCUT2D eigenvalue weighted by Crippen LogP contribution is 2.27. The second-order valence-electron chi connectivity index (χ2n) is 6.06. The summed E-state index contributed by atoms with van der Waals surface area (Å²) in [7, 11) is 0. The molecule has 0 aliphatic carbocycles. The summed E-state index contributed by atoms with van der Waals surface area (Å²) in [6.45, 7) is 4.96. The molecule has 0 saturated carbocycles. The highest BCUT2D eigenvalue weighted by molar-refractivity contribution is 5.91. The van der Waals surface area contributed by atoms with E-state index in [1.807, 2.05) is 31.2 Å². The standard InChI is InChI=1S/C17H22N4O2/c1-3-13-8-4-5-10-20(13)16-15(17(22)23)18-21(19-16)14-9-6-7-12(2)11-14/h6-7,9,11,13H,3-5,8,10H2,1-2H3,(H,22,23)/t13-/m0/s1. The molecule has 1 aliphatic rings. The third kappa shape index (κ3) is 3.06. The largest absolute Gasteiger partial charge is 0.476 e. The van der Waals surface area contributed by atoms with Gasteiger partial charge in [-0.05, 0) is 50.3 Å². The monoisotopic (exact) mass is 314 g/mol. The lowest BCUT2D eigenvalue weighted by atomic mass is 10.00. The summed E-state index contributed by atoms with van der Waals surface area (Å²) in [6, 6.07) is 8.08. The predicted molar refractivity (Wildman–Crippen MR) is 88.3 cm³/mol. The van der Waals surface area contributed by atoms with Crippen molar-refractivity contribution in [2.24, 2.45) is 0 Å². The first-order valence-corrected chi connectivity index (χ1v) is 8.14. The molecule has 1 N–H and O–H groups in total. The predicted octanol–water partition coefficient (Wildman–Crippen LogP) is 3.04. The number of piperidine rings is 1. The molecule has 0 unspecified atom stereocenters. The van der Waals surface area contributed by atoms with E-state index >= 15 is 0 Å². The van der Waals surface area contributed by atoms with Crippen molar-refractivity contribution in [3.05, 3.63) is 35.5 Å². The van der Waals surface area contributed by atoms with Crippen LogP contribution < -0.4 is 4.90 Å². The molecule has 0 amide bonds. The fraction of sp³-hybridized carbons (Fsp3) is 0.471. The van der Waals surface area contributed by atoms with Crippen LogP contribution in [0.5, 0.6) is 0 Å². The average Bonchev–Trinajstić information content (AvgIpc) is 3.00. The fourth-order valence-corrected chi connectivity index (χ4v) is 3.20. The molecule has 122 valence electrons. The van der Waals surface area contributed by atoms with Gasteiger partial charge >= 0.3 is 5.97 Å². The first kappa shape index (κ1) is 15.5. The molecular formula is C17H22N4O2. The lowest BCUT2D eigenvalue weighted by molar-refractivity contribution is 0.0690. The molecule has 2 heterocycles. The van der Waals surface area contributed by atoms with Gasteiger partial charge in [0.2, 0.25) is 5.69 Å². The second-order valence-corrected chi connectivity index (χ2v) is 6.06. The number of hydrogen-bond acceptors (Lipinski definition) is 4. The number of nitrogens with zero attached hydrogens (tertiary/aromatic N) is 4. The minimum atomic E-state index is -1.03. The molecule has 6 nitrogen and oxygen atoms in total. The highest BCUT2D eigenvalue weighted by atomic mass is 16.4. The van der Waals surface area contributed by atoms with E-state index in [2.05, 4.69) is 22.0 Å². The van der Waals surface area contributed by atoms with Crippen LogP contribution in [0.15, 0.2) is 24.3 Å². The van der Waals surface area contributed by atoms with Crippen molar-refractivity contribution in [3.63, 3.8) is 0 Å². The Kier molecular flexibility index (Phi) is 4.32. The Bertz CT molecular complexity index is 710. The Balaban J connectivity index is 2.04. The van der Waals surface area contributed by atoms with E-state index < -0.39 is 5.97 Å². The highest BCUT2D eigenvalue weighted by Gasteiger charge is 2.29. The number of carboxylic acid groups (broad SMARTS) is 1. The van der Waals surface area contributed by atoms with Crippen LogP contribution >= 0.6 is 0 Å². The van der Waals surface area contributed by atoms with Crippen molar-refractivity contribution < 1.29 is 9.90 Å². The summed E-state index contributed by atoms with van der Waals surface area (Å²) in [4.78, 5) is 15.2. The minimum Gasteiger partial charge on any atom is -0.476 e. The van der Waals surface area contributed by atoms with E-state index in [1.54, 1.807) is 0 Å². The van der Waals surface area contributed by atoms with Crippen LogP contribution in [0.4, 0.5) is 5.82 Å². The summed E-state index contributed by atoms with van der Waals surface area (Å²) >= 11 is 0. The summed E-state index contributed by atoms with van der Waals surface area (Å²) in [5.41, 5.74) is 1.90. The lowest BCUT2D eigenvalue weighted by Gasteiger charge is -2.35. The Hall–Kier alpha value is -2.37. The summed E-state index contributed by atoms with van der Waals surface area (Å²) in [6.07, 6.45) is 4.31. The van der Waals surface area contributed by atoms with Crippen LogP contribution in [-0.2, 0) is 0 Å². The summed E-state index contributed by atoms with van der Waals surface area (Å²) in [5, 5.41) is 18.3. The van der Waals surface area contributed by atoms with Gasteiger partial charge in [-0.1, -0.05) is 19.1 Å². The van der Waals surface area contributed by atoms with Crippen LogP contribution in [0.25, 0.3) is 5.69 Å². The number of carbonyl (C=O) groups is 1. The van der Waals surface area contributed by atoms with Gasteiger partial charge in [-0.2, -0.15) is 0 Å². The number of benzene rings is 1. The fourth-order valence-electron chi connectivity index (χ4n) is 3.20. The zero-order valence-corrected chi connectivity index (χ0v) is 13.6. The van der Waals surface area contributed by atoms with Crippen LogP contribution in [0, 0.1) is 6.92 Å². The molecule has 6 heteroatoms. The topological polar surface area (TPSA) is 71.2 Å². The molecular weight excluding hydrogens is 292 g/mol. The van der Waals surface area contributed by atoms with Crippen molar-refractivity contribution in [2.45, 2.75) is 45.6 Å². The number of carboxylic acids is 1. The number of aromatic carboxylic acids is 1. The van der Waals surface area contributed by atoms with Gasteiger partial charge in [-0.25, -0.2) is 4.79 Å². The van der Waals surface area contributed by atoms with E-state index in [0.717, 1.165) is 37.1 Å². The van der Waals surface area contributed by atoms with E-state index in [0.29, 0.717) is 11.9 Å². The molecule has 1 aromatic carbocycles. The van der Waals surface area contributed by atoms with E-state index in [-0.39, 0.29) is 5.69 Å². The smallest absolute Gasteiger partial charge is 0.360 e. The molecule has 3 rings (SSSR count). The van der Waals surface area contributed by atoms with Crippen molar-refractivity contribution >= 4 is 11.8 Å². The number of aryl methyl sites for hydroxylation is 1. The van der Waals surface area contributed by atoms with Gasteiger partial charge in [-0.3, -0.25) is 0 Å². The molecule has 1 fully saturated rings. The van der Waals surface area contributed by atoms with Gasteiger partial charge in [0.05, 0.1) is 5.69 Å². The Labute approximate surface area is 135 Å².